The van der Waals surface area contributed by atoms with Crippen LogP contribution in [0.5, 0.6) is 0 Å². The molecule has 0 aromatic heterocycles. The predicted molar refractivity (Wildman–Crippen MR) is 455 cm³/mol. The van der Waals surface area contributed by atoms with Crippen molar-refractivity contribution < 1.29 is 103 Å². The van der Waals surface area contributed by atoms with Gasteiger partial charge in [0.25, 0.3) is 11.8 Å². The summed E-state index contributed by atoms with van der Waals surface area (Å²) in [5.74, 6) is -9.35. The summed E-state index contributed by atoms with van der Waals surface area (Å²) >= 11 is 0. The molecule has 9 atom stereocenters. The van der Waals surface area contributed by atoms with Crippen LogP contribution in [-0.2, 0) is 80.9 Å². The summed E-state index contributed by atoms with van der Waals surface area (Å²) in [5, 5.41) is 66.5. The summed E-state index contributed by atoms with van der Waals surface area (Å²) < 4.78 is 118. The van der Waals surface area contributed by atoms with Gasteiger partial charge in [-0.15, -0.1) is 37.2 Å². The van der Waals surface area contributed by atoms with Crippen LogP contribution in [0.4, 0.5) is 56.6 Å². The van der Waals surface area contributed by atoms with Crippen molar-refractivity contribution in [3.63, 3.8) is 0 Å². The van der Waals surface area contributed by atoms with Gasteiger partial charge < -0.3 is 101 Å². The number of carbonyl (C=O) groups excluding carboxylic acids is 8. The average molecular weight is 1800 g/mol. The quantitative estimate of drug-likeness (QED) is 0.0134. The van der Waals surface area contributed by atoms with E-state index in [1.807, 2.05) is 48.5 Å². The first-order chi connectivity index (χ1) is 56.4. The summed E-state index contributed by atoms with van der Waals surface area (Å²) in [7, 11) is 4.84. The molecule has 0 bridgehead atoms. The number of aryl methyl sites for hydroxylation is 3. The molecule has 3 unspecified atom stereocenters. The molecule has 6 rings (SSSR count). The molecule has 6 aromatic rings. The Hall–Kier alpha value is -9.61. The lowest BCUT2D eigenvalue weighted by molar-refractivity contribution is -0.153. The van der Waals surface area contributed by atoms with E-state index < -0.39 is 143 Å². The predicted octanol–water partition coefficient (Wildman–Crippen LogP) is 7.07. The highest BCUT2D eigenvalue weighted by atomic mass is 35.5. The number of benzene rings is 6. The van der Waals surface area contributed by atoms with E-state index in [9.17, 15) is 98.0 Å². The van der Waals surface area contributed by atoms with Gasteiger partial charge in [0.1, 0.15) is 30.2 Å². The van der Waals surface area contributed by atoms with Gasteiger partial charge in [-0.25, -0.2) is 4.79 Å². The van der Waals surface area contributed by atoms with Crippen LogP contribution in [0.2, 0.25) is 0 Å². The van der Waals surface area contributed by atoms with E-state index in [0.717, 1.165) is 65.2 Å². The van der Waals surface area contributed by atoms with Gasteiger partial charge in [0.2, 0.25) is 35.4 Å². The highest BCUT2D eigenvalue weighted by Crippen LogP contribution is 2.33. The van der Waals surface area contributed by atoms with Crippen LogP contribution in [0.3, 0.4) is 0 Å². The number of halogens is 12. The number of hydrogen-bond donors (Lipinski definition) is 17. The monoisotopic (exact) mass is 1790 g/mol. The molecular formula is C82H115Cl3F9N15O13. The molecule has 6 aromatic carbocycles. The fourth-order valence-electron chi connectivity index (χ4n) is 11.4. The first-order valence-corrected chi connectivity index (χ1v) is 38.6. The van der Waals surface area contributed by atoms with Crippen molar-refractivity contribution in [2.24, 2.45) is 23.1 Å². The van der Waals surface area contributed by atoms with Gasteiger partial charge in [0.05, 0.1) is 22.6 Å². The van der Waals surface area contributed by atoms with E-state index >= 15 is 0 Å². The number of anilines is 3. The molecular weight excluding hydrogens is 1680 g/mol. The van der Waals surface area contributed by atoms with Crippen LogP contribution in [-0.4, -0.2) is 219 Å². The maximum absolute atomic E-state index is 13.3. The molecule has 0 aliphatic carbocycles. The Morgan fingerprint density at radius 3 is 1.02 bits per heavy atom. The summed E-state index contributed by atoms with van der Waals surface area (Å²) in [6, 6.07) is 32.7. The Bertz CT molecular complexity index is 4050. The minimum absolute atomic E-state index is 0. The van der Waals surface area contributed by atoms with E-state index in [-0.39, 0.29) is 106 Å². The number of nitrogens with two attached hydrogens (primary N) is 3. The van der Waals surface area contributed by atoms with E-state index in [0.29, 0.717) is 45.4 Å². The Morgan fingerprint density at radius 1 is 0.410 bits per heavy atom. The highest BCUT2D eigenvalue weighted by molar-refractivity contribution is 6.01. The molecule has 0 saturated carbocycles. The molecule has 680 valence electrons. The van der Waals surface area contributed by atoms with Crippen molar-refractivity contribution in [3.05, 3.63) is 197 Å². The number of hydrogen-bond acceptors (Lipinski definition) is 19. The number of carboxylic acid groups (broad SMARTS) is 1. The van der Waals surface area contributed by atoms with E-state index in [1.54, 1.807) is 56.6 Å². The van der Waals surface area contributed by atoms with Crippen molar-refractivity contribution in [1.82, 2.24) is 47.0 Å². The molecule has 0 aliphatic rings. The van der Waals surface area contributed by atoms with Crippen LogP contribution in [0.1, 0.15) is 92.7 Å². The first-order valence-electron chi connectivity index (χ1n) is 38.6. The van der Waals surface area contributed by atoms with Crippen molar-refractivity contribution in [1.29, 1.82) is 0 Å². The number of amides is 8. The summed E-state index contributed by atoms with van der Waals surface area (Å²) in [5.41, 5.74) is 16.2. The second-order valence-electron chi connectivity index (χ2n) is 27.1. The zero-order valence-corrected chi connectivity index (χ0v) is 70.9. The van der Waals surface area contributed by atoms with Crippen LogP contribution < -0.4 is 70.4 Å². The molecule has 0 heterocycles. The first kappa shape index (κ1) is 112. The molecule has 40 heteroatoms. The van der Waals surface area contributed by atoms with E-state index in [4.69, 9.17) is 22.3 Å². The number of nitrogens with one attached hydrogen (secondary N) is 10. The molecule has 0 spiro atoms. The van der Waals surface area contributed by atoms with Crippen molar-refractivity contribution in [2.75, 3.05) is 103 Å². The number of carbonyl (C=O) groups is 9. The fourth-order valence-corrected chi connectivity index (χ4v) is 11.4. The smallest absolute Gasteiger partial charge is 0.416 e. The Morgan fingerprint density at radius 2 is 0.730 bits per heavy atom. The minimum Gasteiger partial charge on any atom is -0.479 e. The van der Waals surface area contributed by atoms with Crippen LogP contribution in [0.25, 0.3) is 0 Å². The minimum atomic E-state index is -4.61. The van der Waals surface area contributed by atoms with Crippen LogP contribution >= 0.6 is 37.2 Å². The van der Waals surface area contributed by atoms with Crippen LogP contribution in [0, 0.1) is 5.92 Å². The van der Waals surface area contributed by atoms with Crippen molar-refractivity contribution in [2.45, 2.75) is 146 Å². The Balaban J connectivity index is 0.00000171. The molecule has 0 radical (unpaired) electrons. The summed E-state index contributed by atoms with van der Waals surface area (Å²) in [4.78, 5) is 117. The lowest BCUT2D eigenvalue weighted by Gasteiger charge is -2.29. The zero-order valence-electron chi connectivity index (χ0n) is 68.4. The third-order valence-electron chi connectivity index (χ3n) is 18.0. The van der Waals surface area contributed by atoms with Crippen molar-refractivity contribution in [3.8, 4) is 0 Å². The SMILES string of the molecule is CCC(C(=O)N[C@@H](CCc1ccccc1)C(=O)Nc1cccc(C(F)(F)F)c1)[C@H](O)C(=O)O.CCCNCCC.CNCCN(CCNC)C(=O)[C@@H](O)C(NC)C(=O)N[C@@H](CCc1ccccc1)C(=O)Nc1cccc(C(F)(F)F)c1.Cl.Cl.Cl.NCCN(CCN)C(=O)[C@@H](O)C(N)C(=O)N[C@@H](CCc1ccccc1)C(=O)Nc1cccc(C(F)(F)F)c1. The summed E-state index contributed by atoms with van der Waals surface area (Å²) in [6.07, 6.45) is -15.6. The Labute approximate surface area is 722 Å². The number of aliphatic hydroxyl groups excluding tert-OH is 3. The van der Waals surface area contributed by atoms with Crippen LogP contribution in [0.15, 0.2) is 164 Å². The molecule has 0 aliphatic heterocycles. The second-order valence-corrected chi connectivity index (χ2v) is 27.1. The van der Waals surface area contributed by atoms with Crippen molar-refractivity contribution >= 4 is 108 Å². The van der Waals surface area contributed by atoms with Gasteiger partial charge in [0.15, 0.2) is 18.3 Å². The third kappa shape index (κ3) is 41.0. The second kappa shape index (κ2) is 59.2. The molecule has 0 saturated heterocycles. The molecule has 20 N–H and O–H groups in total. The normalized spacial score (nSPS) is 13.2. The zero-order chi connectivity index (χ0) is 88.8. The lowest BCUT2D eigenvalue weighted by Crippen LogP contribution is -2.59. The fraction of sp³-hybridized carbons (Fsp3) is 0.451. The largest absolute Gasteiger partial charge is 0.479 e. The number of aliphatic hydroxyl groups is 3. The number of carboxylic acids is 1. The molecule has 28 nitrogen and oxygen atoms in total. The number of alkyl halides is 9. The number of nitrogens with zero attached hydrogens (tertiary/aromatic N) is 2. The lowest BCUT2D eigenvalue weighted by atomic mass is 9.97. The molecule has 8 amide bonds. The number of aliphatic carboxylic acids is 1. The maximum atomic E-state index is 13.3. The van der Waals surface area contributed by atoms with E-state index in [2.05, 4.69) is 67.0 Å². The van der Waals surface area contributed by atoms with Gasteiger partial charge in [-0.3, -0.25) is 38.4 Å². The van der Waals surface area contributed by atoms with E-state index in [1.165, 1.54) is 74.0 Å². The van der Waals surface area contributed by atoms with Gasteiger partial charge in [-0.2, -0.15) is 39.5 Å². The summed E-state index contributed by atoms with van der Waals surface area (Å²) in [6.45, 7) is 10.1. The maximum Gasteiger partial charge on any atom is 0.416 e. The molecule has 122 heavy (non-hydrogen) atoms. The Kier molecular flexibility index (Phi) is 54.6. The topological polar surface area (TPSA) is 439 Å². The highest BCUT2D eigenvalue weighted by Gasteiger charge is 2.39. The van der Waals surface area contributed by atoms with Gasteiger partial charge in [-0.05, 0) is 163 Å². The average Bonchev–Trinajstić information content (AvgIpc) is 0.846. The van der Waals surface area contributed by atoms with Gasteiger partial charge in [-0.1, -0.05) is 130 Å². The number of rotatable bonds is 43. The van der Waals surface area contributed by atoms with Gasteiger partial charge in [0, 0.05) is 69.4 Å². The standard InChI is InChI=1S/C28H39F3N6O4.C25H33F3N6O4.C23H25F3N2O5.C6H15N.3ClH/c1-32-14-16-37(17-15-33-2)27(41)24(38)23(34-3)26(40)36-22(13-12-19-8-5-4-6-9-19)25(39)35-21-11-7-10-20(18-21)28(29,30)31;26-25(27,28)17-7-4-8-18(15-17)32-22(36)19(10-9-16-5-2-1-3-6-16)33-23(37)20(31)21(35)24(38)34(13-11-29)14-12-30;1-2-17(19(29)22(32)33)20(30)28-18(12-11-14-7-4-3-5-8-14)21(31)27-16-10-6-9-15(13-16)23(24,25)26;1-3-5-7-6-4-2;;;/h4-11,18,22-24,32-34,38H,12-17H2,1-3H3,(H,35,39)(H,36,40);1-8,15,19-21,35H,9-14,29-31H2,(H,32,36)(H,33,37);3-10,13,17-19,29H,2,11-12H2,1H3,(H,27,31)(H,28,30)(H,32,33);7H,3-6H2,1-2H3;3*1H/t22-,23?,24-;19-,20?,21-;17?,18-,19-;;;;/m000..../s1. The third-order valence-corrected chi connectivity index (χ3v) is 18.0. The molecule has 0 fully saturated rings. The van der Waals surface area contributed by atoms with Gasteiger partial charge >= 0.3 is 24.5 Å². The number of likely N-dealkylation sites (N-methyl/N-ethyl adjacent to an activating group) is 3.